The summed E-state index contributed by atoms with van der Waals surface area (Å²) in [6.07, 6.45) is 4.37. The van der Waals surface area contributed by atoms with Crippen molar-refractivity contribution in [2.24, 2.45) is 11.0 Å². The van der Waals surface area contributed by atoms with Gasteiger partial charge in [0.2, 0.25) is 11.8 Å². The number of rotatable bonds is 9. The fraction of sp³-hybridized carbons (Fsp3) is 0.531. The number of amidine groups is 1. The van der Waals surface area contributed by atoms with Crippen molar-refractivity contribution >= 4 is 34.9 Å². The van der Waals surface area contributed by atoms with Crippen molar-refractivity contribution < 1.29 is 14.0 Å². The van der Waals surface area contributed by atoms with E-state index >= 15 is 0 Å². The van der Waals surface area contributed by atoms with Crippen LogP contribution in [-0.2, 0) is 16.1 Å². The maximum Gasteiger partial charge on any atom is 0.231 e. The van der Waals surface area contributed by atoms with Crippen LogP contribution in [0.25, 0.3) is 0 Å². The molecule has 3 aliphatic heterocycles. The number of hydrogen-bond donors (Lipinski definition) is 2. The van der Waals surface area contributed by atoms with E-state index in [4.69, 9.17) is 11.6 Å². The van der Waals surface area contributed by atoms with E-state index in [1.807, 2.05) is 17.0 Å². The minimum Gasteiger partial charge on any atom is -0.369 e. The highest BCUT2D eigenvalue weighted by molar-refractivity contribution is 6.30. The number of halogens is 2. The van der Waals surface area contributed by atoms with Crippen molar-refractivity contribution in [1.82, 2.24) is 25.4 Å². The summed E-state index contributed by atoms with van der Waals surface area (Å²) in [5.41, 5.74) is 6.48. The lowest BCUT2D eigenvalue weighted by Gasteiger charge is -2.50. The first kappa shape index (κ1) is 29.7. The van der Waals surface area contributed by atoms with Gasteiger partial charge in [-0.05, 0) is 55.2 Å². The van der Waals surface area contributed by atoms with E-state index in [1.165, 1.54) is 23.4 Å². The lowest BCUT2D eigenvalue weighted by Crippen LogP contribution is -2.67. The molecule has 230 valence electrons. The van der Waals surface area contributed by atoms with Gasteiger partial charge in [-0.25, -0.2) is 4.39 Å². The fourth-order valence-electron chi connectivity index (χ4n) is 6.99. The first-order valence-electron chi connectivity index (χ1n) is 15.5. The van der Waals surface area contributed by atoms with Crippen molar-refractivity contribution in [3.8, 4) is 0 Å². The third-order valence-corrected chi connectivity index (χ3v) is 9.56. The summed E-state index contributed by atoms with van der Waals surface area (Å²) >= 11 is 6.22. The number of aryl methyl sites for hydroxylation is 1. The zero-order chi connectivity index (χ0) is 29.9. The number of benzene rings is 2. The molecule has 0 bridgehead atoms. The van der Waals surface area contributed by atoms with Gasteiger partial charge in [-0.3, -0.25) is 24.8 Å². The van der Waals surface area contributed by atoms with Crippen molar-refractivity contribution in [3.05, 3.63) is 64.4 Å². The Morgan fingerprint density at radius 3 is 2.65 bits per heavy atom. The number of nitrogens with zero attached hydrogens (tertiary/aromatic N) is 5. The second-order valence-electron chi connectivity index (χ2n) is 12.1. The Labute approximate surface area is 258 Å². The standard InChI is InChI=1S/C32H41ClFN7O2/c1-22-6-9-24(33)20-28(22)39-18-16-38(17-19-39)15-14-35-30(42)13-12-29-36-37-32-40(21-23-7-10-25(34)11-8-23)31(43)26-4-2-3-5-27(26)41(29)32/h6-11,20,26-27,32,37H,2-5,12-19,21H2,1H3,(H,35,42). The first-order valence-corrected chi connectivity index (χ1v) is 15.9. The average molecular weight is 610 g/mol. The van der Waals surface area contributed by atoms with Crippen LogP contribution in [-0.4, -0.2) is 83.9 Å². The Hall–Kier alpha value is -3.37. The molecule has 2 amide bonds. The van der Waals surface area contributed by atoms with Crippen LogP contribution in [0.4, 0.5) is 10.1 Å². The predicted octanol–water partition coefficient (Wildman–Crippen LogP) is 3.91. The van der Waals surface area contributed by atoms with Gasteiger partial charge in [-0.1, -0.05) is 42.6 Å². The molecule has 2 aromatic rings. The van der Waals surface area contributed by atoms with E-state index in [0.29, 0.717) is 25.9 Å². The summed E-state index contributed by atoms with van der Waals surface area (Å²) in [4.78, 5) is 35.2. The maximum absolute atomic E-state index is 13.6. The molecule has 2 N–H and O–H groups in total. The number of fused-ring (bicyclic) bond motifs is 3. The lowest BCUT2D eigenvalue weighted by atomic mass is 9.80. The van der Waals surface area contributed by atoms with Crippen LogP contribution in [0, 0.1) is 18.7 Å². The molecule has 0 aromatic heterocycles. The van der Waals surface area contributed by atoms with E-state index in [9.17, 15) is 14.0 Å². The summed E-state index contributed by atoms with van der Waals surface area (Å²) in [7, 11) is 0. The van der Waals surface area contributed by atoms with Gasteiger partial charge in [-0.2, -0.15) is 5.10 Å². The van der Waals surface area contributed by atoms with E-state index in [-0.39, 0.29) is 35.9 Å². The number of piperazine rings is 1. The van der Waals surface area contributed by atoms with Crippen LogP contribution < -0.4 is 15.6 Å². The van der Waals surface area contributed by atoms with E-state index < -0.39 is 0 Å². The minimum absolute atomic E-state index is 0.00999. The minimum atomic E-state index is -0.385. The van der Waals surface area contributed by atoms with Crippen LogP contribution >= 0.6 is 11.6 Å². The molecule has 3 atom stereocenters. The number of carbonyl (C=O) groups is 2. The van der Waals surface area contributed by atoms with Gasteiger partial charge >= 0.3 is 0 Å². The average Bonchev–Trinajstić information content (AvgIpc) is 3.45. The smallest absolute Gasteiger partial charge is 0.231 e. The number of hydrogen-bond acceptors (Lipinski definition) is 7. The lowest BCUT2D eigenvalue weighted by molar-refractivity contribution is -0.156. The SMILES string of the molecule is Cc1ccc(Cl)cc1N1CCN(CCNC(=O)CCC2=NNC3N(Cc4ccc(F)cc4)C(=O)C4CCCCC4N23)CC1. The zero-order valence-electron chi connectivity index (χ0n) is 24.8. The molecule has 3 unspecified atom stereocenters. The second kappa shape index (κ2) is 13.1. The Kier molecular flexibility index (Phi) is 9.04. The number of nitrogens with one attached hydrogen (secondary N) is 2. The summed E-state index contributed by atoms with van der Waals surface area (Å²) in [6, 6.07) is 12.4. The molecule has 2 saturated heterocycles. The third-order valence-electron chi connectivity index (χ3n) is 9.33. The maximum atomic E-state index is 13.6. The van der Waals surface area contributed by atoms with Crippen LogP contribution in [0.2, 0.25) is 5.02 Å². The number of hydrazone groups is 1. The summed E-state index contributed by atoms with van der Waals surface area (Å²) in [6.45, 7) is 7.66. The normalized spacial score (nSPS) is 23.9. The van der Waals surface area contributed by atoms with Crippen LogP contribution in [0.3, 0.4) is 0 Å². The Morgan fingerprint density at radius 2 is 1.86 bits per heavy atom. The molecule has 1 saturated carbocycles. The second-order valence-corrected chi connectivity index (χ2v) is 12.5. The van der Waals surface area contributed by atoms with Gasteiger partial charge in [-0.15, -0.1) is 0 Å². The zero-order valence-corrected chi connectivity index (χ0v) is 25.5. The van der Waals surface area contributed by atoms with Crippen molar-refractivity contribution in [2.75, 3.05) is 44.2 Å². The van der Waals surface area contributed by atoms with Gasteiger partial charge in [0.15, 0.2) is 6.29 Å². The molecule has 0 spiro atoms. The molecular weight excluding hydrogens is 569 g/mol. The quantitative estimate of drug-likeness (QED) is 0.449. The molecule has 1 aliphatic carbocycles. The summed E-state index contributed by atoms with van der Waals surface area (Å²) in [5, 5.41) is 8.47. The largest absolute Gasteiger partial charge is 0.369 e. The van der Waals surface area contributed by atoms with E-state index in [0.717, 1.165) is 74.8 Å². The van der Waals surface area contributed by atoms with Crippen LogP contribution in [0.5, 0.6) is 0 Å². The highest BCUT2D eigenvalue weighted by Gasteiger charge is 2.50. The molecule has 43 heavy (non-hydrogen) atoms. The molecule has 11 heteroatoms. The Morgan fingerprint density at radius 1 is 1.09 bits per heavy atom. The van der Waals surface area contributed by atoms with Gasteiger partial charge < -0.3 is 15.1 Å². The highest BCUT2D eigenvalue weighted by atomic mass is 35.5. The van der Waals surface area contributed by atoms with Crippen molar-refractivity contribution in [1.29, 1.82) is 0 Å². The van der Waals surface area contributed by atoms with Gasteiger partial charge in [0, 0.05) is 75.4 Å². The summed E-state index contributed by atoms with van der Waals surface area (Å²) in [5.74, 6) is 0.585. The van der Waals surface area contributed by atoms with Crippen molar-refractivity contribution in [3.63, 3.8) is 0 Å². The monoisotopic (exact) mass is 609 g/mol. The van der Waals surface area contributed by atoms with Gasteiger partial charge in [0.25, 0.3) is 0 Å². The topological polar surface area (TPSA) is 83.5 Å². The Bertz CT molecular complexity index is 1350. The van der Waals surface area contributed by atoms with Gasteiger partial charge in [0.05, 0.1) is 5.92 Å². The third kappa shape index (κ3) is 6.60. The molecular formula is C32H41ClFN7O2. The van der Waals surface area contributed by atoms with E-state index in [2.05, 4.69) is 43.5 Å². The molecule has 6 rings (SSSR count). The molecule has 4 aliphatic rings. The van der Waals surface area contributed by atoms with E-state index in [1.54, 1.807) is 12.1 Å². The number of anilines is 1. The number of amides is 2. The molecule has 3 heterocycles. The highest BCUT2D eigenvalue weighted by Crippen LogP contribution is 2.38. The molecule has 9 nitrogen and oxygen atoms in total. The molecule has 0 radical (unpaired) electrons. The van der Waals surface area contributed by atoms with Crippen LogP contribution in [0.1, 0.15) is 49.7 Å². The number of carbonyl (C=O) groups excluding carboxylic acids is 2. The van der Waals surface area contributed by atoms with Crippen molar-refractivity contribution in [2.45, 2.75) is 64.3 Å². The first-order chi connectivity index (χ1) is 20.9. The molecule has 3 fully saturated rings. The van der Waals surface area contributed by atoms with Crippen LogP contribution in [0.15, 0.2) is 47.6 Å². The Balaban J connectivity index is 0.986. The fourth-order valence-corrected chi connectivity index (χ4v) is 7.16. The predicted molar refractivity (Wildman–Crippen MR) is 166 cm³/mol. The summed E-state index contributed by atoms with van der Waals surface area (Å²) < 4.78 is 13.5. The van der Waals surface area contributed by atoms with Gasteiger partial charge in [0.1, 0.15) is 11.7 Å². The molecule has 2 aromatic carbocycles.